The number of amides is 1. The molecular weight excluding hydrogens is 371 g/mol. The largest absolute Gasteiger partial charge is 0.497 e. The Hall–Kier alpha value is -2.74. The van der Waals surface area contributed by atoms with E-state index >= 15 is 0 Å². The Morgan fingerprint density at radius 3 is 2.32 bits per heavy atom. The van der Waals surface area contributed by atoms with Gasteiger partial charge in [0.1, 0.15) is 5.75 Å². The van der Waals surface area contributed by atoms with Crippen LogP contribution in [0.4, 0.5) is 24.5 Å². The predicted molar refractivity (Wildman–Crippen MR) is 101 cm³/mol. The molecule has 8 heteroatoms. The highest BCUT2D eigenvalue weighted by Crippen LogP contribution is 2.21. The first-order valence-corrected chi connectivity index (χ1v) is 9.02. The van der Waals surface area contributed by atoms with E-state index in [2.05, 4.69) is 15.1 Å². The summed E-state index contributed by atoms with van der Waals surface area (Å²) >= 11 is 0. The minimum atomic E-state index is -1.59. The molecule has 0 atom stereocenters. The topological polar surface area (TPSA) is 44.8 Å². The number of piperazine rings is 1. The molecule has 1 aliphatic heterocycles. The van der Waals surface area contributed by atoms with Crippen LogP contribution in [0.1, 0.15) is 6.42 Å². The van der Waals surface area contributed by atoms with E-state index in [0.29, 0.717) is 6.54 Å². The highest BCUT2D eigenvalue weighted by molar-refractivity contribution is 5.90. The van der Waals surface area contributed by atoms with Crippen molar-refractivity contribution in [3.05, 3.63) is 53.8 Å². The number of hydrogen-bond donors (Lipinski definition) is 1. The molecule has 1 fully saturated rings. The van der Waals surface area contributed by atoms with Gasteiger partial charge in [0, 0.05) is 44.8 Å². The van der Waals surface area contributed by atoms with E-state index in [-0.39, 0.29) is 12.1 Å². The van der Waals surface area contributed by atoms with Crippen molar-refractivity contribution in [1.29, 1.82) is 0 Å². The van der Waals surface area contributed by atoms with Gasteiger partial charge in [-0.1, -0.05) is 0 Å². The van der Waals surface area contributed by atoms with E-state index in [9.17, 15) is 18.0 Å². The molecule has 1 saturated heterocycles. The zero-order valence-electron chi connectivity index (χ0n) is 15.6. The Morgan fingerprint density at radius 1 is 1.00 bits per heavy atom. The number of nitrogens with zero attached hydrogens (tertiary/aromatic N) is 2. The van der Waals surface area contributed by atoms with Gasteiger partial charge in [-0.25, -0.2) is 13.2 Å². The highest BCUT2D eigenvalue weighted by Gasteiger charge is 2.19. The monoisotopic (exact) mass is 393 g/mol. The molecule has 2 aromatic carbocycles. The van der Waals surface area contributed by atoms with Crippen molar-refractivity contribution < 1.29 is 22.7 Å². The summed E-state index contributed by atoms with van der Waals surface area (Å²) in [5.41, 5.74) is 0.764. The second-order valence-corrected chi connectivity index (χ2v) is 6.55. The summed E-state index contributed by atoms with van der Waals surface area (Å²) in [6.45, 7) is 3.74. The Kier molecular flexibility index (Phi) is 6.41. The molecule has 0 bridgehead atoms. The second-order valence-electron chi connectivity index (χ2n) is 6.55. The van der Waals surface area contributed by atoms with E-state index in [4.69, 9.17) is 4.74 Å². The summed E-state index contributed by atoms with van der Waals surface area (Å²) in [6.07, 6.45) is 0.140. The smallest absolute Gasteiger partial charge is 0.225 e. The first-order chi connectivity index (χ1) is 13.5. The van der Waals surface area contributed by atoms with Gasteiger partial charge in [0.05, 0.1) is 12.8 Å². The maximum Gasteiger partial charge on any atom is 0.225 e. The molecule has 1 amide bonds. The van der Waals surface area contributed by atoms with Crippen molar-refractivity contribution in [3.63, 3.8) is 0 Å². The molecular formula is C20H22F3N3O2. The SMILES string of the molecule is COc1ccc(N2CCN(CCC(=O)Nc3ccc(F)c(F)c3F)CC2)cc1. The van der Waals surface area contributed by atoms with Crippen LogP contribution in [0.2, 0.25) is 0 Å². The lowest BCUT2D eigenvalue weighted by Gasteiger charge is -2.36. The molecule has 1 aliphatic rings. The van der Waals surface area contributed by atoms with E-state index in [1.54, 1.807) is 7.11 Å². The van der Waals surface area contributed by atoms with Gasteiger partial charge in [-0.3, -0.25) is 9.69 Å². The van der Waals surface area contributed by atoms with Crippen LogP contribution in [-0.4, -0.2) is 50.6 Å². The molecule has 2 aromatic rings. The number of anilines is 2. The molecule has 1 N–H and O–H groups in total. The standard InChI is InChI=1S/C20H22F3N3O2/c1-28-15-4-2-14(3-5-15)26-12-10-25(11-13-26)9-8-18(27)24-17-7-6-16(21)19(22)20(17)23/h2-7H,8-13H2,1H3,(H,24,27). The average Bonchev–Trinajstić information content (AvgIpc) is 2.73. The number of carbonyl (C=O) groups excluding carboxylic acids is 1. The molecule has 0 saturated carbocycles. The number of nitrogens with one attached hydrogen (secondary N) is 1. The van der Waals surface area contributed by atoms with E-state index in [0.717, 1.165) is 49.7 Å². The molecule has 150 valence electrons. The van der Waals surface area contributed by atoms with Gasteiger partial charge in [-0.05, 0) is 36.4 Å². The molecule has 0 aromatic heterocycles. The Morgan fingerprint density at radius 2 is 1.68 bits per heavy atom. The fourth-order valence-electron chi connectivity index (χ4n) is 3.12. The van der Waals surface area contributed by atoms with Crippen LogP contribution < -0.4 is 15.0 Å². The molecule has 3 rings (SSSR count). The van der Waals surface area contributed by atoms with Crippen LogP contribution in [-0.2, 0) is 4.79 Å². The normalized spacial score (nSPS) is 14.8. The lowest BCUT2D eigenvalue weighted by atomic mass is 10.2. The lowest BCUT2D eigenvalue weighted by Crippen LogP contribution is -2.47. The maximum atomic E-state index is 13.6. The quantitative estimate of drug-likeness (QED) is 0.766. The maximum absolute atomic E-state index is 13.6. The molecule has 5 nitrogen and oxygen atoms in total. The molecule has 0 aliphatic carbocycles. The number of hydrogen-bond acceptors (Lipinski definition) is 4. The number of rotatable bonds is 6. The highest BCUT2D eigenvalue weighted by atomic mass is 19.2. The minimum Gasteiger partial charge on any atom is -0.497 e. The third kappa shape index (κ3) is 4.75. The van der Waals surface area contributed by atoms with Crippen LogP contribution in [0.15, 0.2) is 36.4 Å². The van der Waals surface area contributed by atoms with Gasteiger partial charge in [-0.2, -0.15) is 0 Å². The minimum absolute atomic E-state index is 0.140. The third-order valence-electron chi connectivity index (χ3n) is 4.77. The fourth-order valence-corrected chi connectivity index (χ4v) is 3.12. The van der Waals surface area contributed by atoms with Gasteiger partial charge in [0.2, 0.25) is 5.91 Å². The van der Waals surface area contributed by atoms with Gasteiger partial charge < -0.3 is 15.0 Å². The van der Waals surface area contributed by atoms with Crippen molar-refractivity contribution >= 4 is 17.3 Å². The third-order valence-corrected chi connectivity index (χ3v) is 4.77. The van der Waals surface area contributed by atoms with E-state index < -0.39 is 23.4 Å². The molecule has 0 radical (unpaired) electrons. The van der Waals surface area contributed by atoms with Crippen molar-refractivity contribution in [3.8, 4) is 5.75 Å². The first kappa shape index (κ1) is 20.0. The second kappa shape index (κ2) is 8.97. The summed E-state index contributed by atoms with van der Waals surface area (Å²) in [5.74, 6) is -3.90. The number of ether oxygens (including phenoxy) is 1. The van der Waals surface area contributed by atoms with Gasteiger partial charge in [0.15, 0.2) is 17.5 Å². The van der Waals surface area contributed by atoms with Crippen LogP contribution in [0.5, 0.6) is 5.75 Å². The Bertz CT molecular complexity index is 822. The summed E-state index contributed by atoms with van der Waals surface area (Å²) in [7, 11) is 1.63. The van der Waals surface area contributed by atoms with E-state index in [1.807, 2.05) is 24.3 Å². The first-order valence-electron chi connectivity index (χ1n) is 9.02. The van der Waals surface area contributed by atoms with Gasteiger partial charge in [-0.15, -0.1) is 0 Å². The molecule has 28 heavy (non-hydrogen) atoms. The van der Waals surface area contributed by atoms with Crippen LogP contribution in [0.25, 0.3) is 0 Å². The molecule has 1 heterocycles. The molecule has 0 unspecified atom stereocenters. The number of halogens is 3. The lowest BCUT2D eigenvalue weighted by molar-refractivity contribution is -0.116. The zero-order valence-corrected chi connectivity index (χ0v) is 15.6. The summed E-state index contributed by atoms with van der Waals surface area (Å²) in [6, 6.07) is 9.66. The Balaban J connectivity index is 1.45. The van der Waals surface area contributed by atoms with Crippen molar-refractivity contribution in [2.75, 3.05) is 50.1 Å². The van der Waals surface area contributed by atoms with Gasteiger partial charge >= 0.3 is 0 Å². The number of methoxy groups -OCH3 is 1. The Labute approximate surface area is 161 Å². The van der Waals surface area contributed by atoms with Crippen molar-refractivity contribution in [2.24, 2.45) is 0 Å². The summed E-state index contributed by atoms with van der Waals surface area (Å²) < 4.78 is 44.9. The van der Waals surface area contributed by atoms with Crippen LogP contribution in [0, 0.1) is 17.5 Å². The van der Waals surface area contributed by atoms with E-state index in [1.165, 1.54) is 0 Å². The van der Waals surface area contributed by atoms with Crippen molar-refractivity contribution in [1.82, 2.24) is 4.90 Å². The fraction of sp³-hybridized carbons (Fsp3) is 0.350. The zero-order chi connectivity index (χ0) is 20.1. The predicted octanol–water partition coefficient (Wildman–Crippen LogP) is 3.26. The van der Waals surface area contributed by atoms with Crippen molar-refractivity contribution in [2.45, 2.75) is 6.42 Å². The molecule has 0 spiro atoms. The number of carbonyl (C=O) groups is 1. The van der Waals surface area contributed by atoms with Crippen LogP contribution in [0.3, 0.4) is 0 Å². The van der Waals surface area contributed by atoms with Gasteiger partial charge in [0.25, 0.3) is 0 Å². The van der Waals surface area contributed by atoms with Crippen LogP contribution >= 0.6 is 0 Å². The average molecular weight is 393 g/mol. The number of benzene rings is 2. The summed E-state index contributed by atoms with van der Waals surface area (Å²) in [5, 5.41) is 2.29. The summed E-state index contributed by atoms with van der Waals surface area (Å²) in [4.78, 5) is 16.4.